The maximum atomic E-state index is 12.6. The number of carbonyl (C=O) groups excluding carboxylic acids is 1. The summed E-state index contributed by atoms with van der Waals surface area (Å²) in [6, 6.07) is 8.29. The summed E-state index contributed by atoms with van der Waals surface area (Å²) >= 11 is 1.62. The zero-order valence-electron chi connectivity index (χ0n) is 12.5. The third-order valence-corrected chi connectivity index (χ3v) is 5.80. The van der Waals surface area contributed by atoms with Crippen LogP contribution in [0.3, 0.4) is 0 Å². The first-order chi connectivity index (χ1) is 10.2. The van der Waals surface area contributed by atoms with E-state index in [9.17, 15) is 4.79 Å². The number of amides is 1. The van der Waals surface area contributed by atoms with Gasteiger partial charge >= 0.3 is 0 Å². The van der Waals surface area contributed by atoms with Gasteiger partial charge in [-0.1, -0.05) is 12.8 Å². The van der Waals surface area contributed by atoms with Gasteiger partial charge in [0.15, 0.2) is 0 Å². The van der Waals surface area contributed by atoms with Gasteiger partial charge in [0.05, 0.1) is 5.75 Å². The van der Waals surface area contributed by atoms with Crippen LogP contribution in [0.2, 0.25) is 0 Å². The van der Waals surface area contributed by atoms with Crippen molar-refractivity contribution in [2.45, 2.75) is 49.5 Å². The lowest BCUT2D eigenvalue weighted by Crippen LogP contribution is -2.50. The molecule has 1 heterocycles. The second kappa shape index (κ2) is 6.73. The van der Waals surface area contributed by atoms with Crippen LogP contribution in [-0.4, -0.2) is 29.1 Å². The Kier molecular flexibility index (Phi) is 4.73. The van der Waals surface area contributed by atoms with Crippen LogP contribution in [0.15, 0.2) is 29.2 Å². The number of rotatable bonds is 3. The highest BCUT2D eigenvalue weighted by Crippen LogP contribution is 2.35. The van der Waals surface area contributed by atoms with Crippen molar-refractivity contribution >= 4 is 23.4 Å². The maximum absolute atomic E-state index is 12.6. The second-order valence-electron chi connectivity index (χ2n) is 6.20. The molecule has 4 heteroatoms. The fraction of sp³-hybridized carbons (Fsp3) is 0.588. The van der Waals surface area contributed by atoms with Crippen LogP contribution < -0.4 is 5.73 Å². The number of piperidine rings is 1. The Hall–Kier alpha value is -1.16. The van der Waals surface area contributed by atoms with Crippen LogP contribution in [0.5, 0.6) is 0 Å². The lowest BCUT2D eigenvalue weighted by molar-refractivity contribution is -0.134. The van der Waals surface area contributed by atoms with Crippen LogP contribution >= 0.6 is 11.8 Å². The van der Waals surface area contributed by atoms with E-state index in [1.807, 2.05) is 24.3 Å². The van der Waals surface area contributed by atoms with E-state index in [1.54, 1.807) is 11.8 Å². The molecule has 1 aliphatic carbocycles. The summed E-state index contributed by atoms with van der Waals surface area (Å²) in [6.07, 6.45) is 7.67. The number of nitrogens with two attached hydrogens (primary N) is 1. The van der Waals surface area contributed by atoms with Crippen LogP contribution in [0.25, 0.3) is 0 Å². The average Bonchev–Trinajstić information content (AvgIpc) is 2.53. The Morgan fingerprint density at radius 2 is 1.86 bits per heavy atom. The number of benzene rings is 1. The third-order valence-electron chi connectivity index (χ3n) is 4.81. The first kappa shape index (κ1) is 14.8. The van der Waals surface area contributed by atoms with Gasteiger partial charge in [-0.2, -0.15) is 0 Å². The van der Waals surface area contributed by atoms with Crippen molar-refractivity contribution in [3.05, 3.63) is 24.3 Å². The lowest BCUT2D eigenvalue weighted by atomic mass is 9.78. The summed E-state index contributed by atoms with van der Waals surface area (Å²) in [5, 5.41) is 0. The van der Waals surface area contributed by atoms with E-state index in [2.05, 4.69) is 4.90 Å². The Morgan fingerprint density at radius 3 is 2.67 bits per heavy atom. The molecule has 1 saturated carbocycles. The highest BCUT2D eigenvalue weighted by atomic mass is 32.2. The molecule has 3 nitrogen and oxygen atoms in total. The third kappa shape index (κ3) is 3.54. The van der Waals surface area contributed by atoms with Crippen molar-refractivity contribution in [1.29, 1.82) is 0 Å². The average molecular weight is 304 g/mol. The summed E-state index contributed by atoms with van der Waals surface area (Å²) in [5.74, 6) is 1.62. The van der Waals surface area contributed by atoms with E-state index in [-0.39, 0.29) is 0 Å². The standard InChI is InChI=1S/C17H24N2OS/c18-14-7-9-15(10-8-14)21-12-17(20)19-11-3-5-13-4-1-2-6-16(13)19/h7-10,13,16H,1-6,11-12,18H2. The van der Waals surface area contributed by atoms with Crippen molar-refractivity contribution in [2.24, 2.45) is 5.92 Å². The van der Waals surface area contributed by atoms with Gasteiger partial charge in [-0.15, -0.1) is 11.8 Å². The highest BCUT2D eigenvalue weighted by molar-refractivity contribution is 8.00. The number of carbonyl (C=O) groups is 1. The monoisotopic (exact) mass is 304 g/mol. The van der Waals surface area contributed by atoms with Crippen LogP contribution in [0.1, 0.15) is 38.5 Å². The van der Waals surface area contributed by atoms with Gasteiger partial charge < -0.3 is 10.6 Å². The van der Waals surface area contributed by atoms with E-state index in [1.165, 1.54) is 38.5 Å². The van der Waals surface area contributed by atoms with Crippen molar-refractivity contribution < 1.29 is 4.79 Å². The molecule has 1 aromatic carbocycles. The molecule has 21 heavy (non-hydrogen) atoms. The van der Waals surface area contributed by atoms with Crippen LogP contribution in [-0.2, 0) is 4.79 Å². The molecular weight excluding hydrogens is 280 g/mol. The summed E-state index contributed by atoms with van der Waals surface area (Å²) in [6.45, 7) is 0.961. The Balaban J connectivity index is 1.57. The Labute approximate surface area is 131 Å². The topological polar surface area (TPSA) is 46.3 Å². The number of hydrogen-bond donors (Lipinski definition) is 1. The van der Waals surface area contributed by atoms with Crippen LogP contribution in [0.4, 0.5) is 5.69 Å². The largest absolute Gasteiger partial charge is 0.399 e. The Bertz CT molecular complexity index is 486. The molecule has 2 atom stereocenters. The molecule has 0 bridgehead atoms. The number of hydrogen-bond acceptors (Lipinski definition) is 3. The van der Waals surface area contributed by atoms with E-state index in [0.717, 1.165) is 23.0 Å². The van der Waals surface area contributed by atoms with Gasteiger partial charge in [-0.05, 0) is 55.9 Å². The molecular formula is C17H24N2OS. The molecule has 0 aromatic heterocycles. The zero-order chi connectivity index (χ0) is 14.7. The molecule has 0 spiro atoms. The second-order valence-corrected chi connectivity index (χ2v) is 7.25. The molecule has 2 aliphatic rings. The predicted molar refractivity (Wildman–Crippen MR) is 88.3 cm³/mol. The van der Waals surface area contributed by atoms with Crippen molar-refractivity contribution in [3.63, 3.8) is 0 Å². The molecule has 0 radical (unpaired) electrons. The molecule has 2 N–H and O–H groups in total. The lowest BCUT2D eigenvalue weighted by Gasteiger charge is -2.44. The SMILES string of the molecule is Nc1ccc(SCC(=O)N2CCCC3CCCCC32)cc1. The predicted octanol–water partition coefficient (Wildman–Crippen LogP) is 3.54. The minimum absolute atomic E-state index is 0.313. The van der Waals surface area contributed by atoms with E-state index < -0.39 is 0 Å². The molecule has 2 unspecified atom stereocenters. The number of anilines is 1. The van der Waals surface area contributed by atoms with Gasteiger partial charge in [0, 0.05) is 23.2 Å². The zero-order valence-corrected chi connectivity index (χ0v) is 13.3. The summed E-state index contributed by atoms with van der Waals surface area (Å²) in [4.78, 5) is 15.9. The van der Waals surface area contributed by atoms with Gasteiger partial charge in [-0.25, -0.2) is 0 Å². The summed E-state index contributed by atoms with van der Waals surface area (Å²) in [7, 11) is 0. The first-order valence-corrected chi connectivity index (χ1v) is 9.00. The van der Waals surface area contributed by atoms with E-state index >= 15 is 0 Å². The fourth-order valence-electron chi connectivity index (χ4n) is 3.73. The van der Waals surface area contributed by atoms with Gasteiger partial charge in [0.2, 0.25) is 5.91 Å². The quantitative estimate of drug-likeness (QED) is 0.686. The molecule has 3 rings (SSSR count). The van der Waals surface area contributed by atoms with Crippen molar-refractivity contribution in [1.82, 2.24) is 4.90 Å². The van der Waals surface area contributed by atoms with E-state index in [4.69, 9.17) is 5.73 Å². The molecule has 1 saturated heterocycles. The maximum Gasteiger partial charge on any atom is 0.233 e. The summed E-state index contributed by atoms with van der Waals surface area (Å²) in [5.41, 5.74) is 6.46. The highest BCUT2D eigenvalue weighted by Gasteiger charge is 2.35. The minimum Gasteiger partial charge on any atom is -0.399 e. The van der Waals surface area contributed by atoms with Crippen molar-refractivity contribution in [3.8, 4) is 0 Å². The van der Waals surface area contributed by atoms with Crippen LogP contribution in [0, 0.1) is 5.92 Å². The van der Waals surface area contributed by atoms with Gasteiger partial charge in [0.25, 0.3) is 0 Å². The molecule has 1 aromatic rings. The van der Waals surface area contributed by atoms with Gasteiger partial charge in [0.1, 0.15) is 0 Å². The normalized spacial score (nSPS) is 25.4. The fourth-order valence-corrected chi connectivity index (χ4v) is 4.51. The minimum atomic E-state index is 0.313. The first-order valence-electron chi connectivity index (χ1n) is 8.02. The molecule has 1 amide bonds. The number of thioether (sulfide) groups is 1. The molecule has 1 aliphatic heterocycles. The molecule has 2 fully saturated rings. The number of nitrogen functional groups attached to an aromatic ring is 1. The van der Waals surface area contributed by atoms with E-state index in [0.29, 0.717) is 17.7 Å². The number of likely N-dealkylation sites (tertiary alicyclic amines) is 1. The van der Waals surface area contributed by atoms with Crippen molar-refractivity contribution in [2.75, 3.05) is 18.0 Å². The summed E-state index contributed by atoms with van der Waals surface area (Å²) < 4.78 is 0. The number of fused-ring (bicyclic) bond motifs is 1. The molecule has 114 valence electrons. The smallest absolute Gasteiger partial charge is 0.233 e. The Morgan fingerprint density at radius 1 is 1.14 bits per heavy atom. The van der Waals surface area contributed by atoms with Gasteiger partial charge in [-0.3, -0.25) is 4.79 Å². The number of nitrogens with zero attached hydrogens (tertiary/aromatic N) is 1.